The van der Waals surface area contributed by atoms with Crippen molar-refractivity contribution in [3.8, 4) is 0 Å². The van der Waals surface area contributed by atoms with Crippen LogP contribution in [0.2, 0.25) is 0 Å². The van der Waals surface area contributed by atoms with Gasteiger partial charge in [-0.1, -0.05) is 0 Å². The molecule has 2 fully saturated rings. The van der Waals surface area contributed by atoms with Crippen molar-refractivity contribution >= 4 is 0 Å². The normalized spacial score (nSPS) is 40.7. The fraction of sp³-hybridized carbons (Fsp3) is 1.00. The summed E-state index contributed by atoms with van der Waals surface area (Å²) >= 11 is 0. The molecule has 0 saturated carbocycles. The highest BCUT2D eigenvalue weighted by Crippen LogP contribution is 2.37. The van der Waals surface area contributed by atoms with Crippen LogP contribution < -0.4 is 0 Å². The summed E-state index contributed by atoms with van der Waals surface area (Å²) in [5.41, 5.74) is -0.610. The molecule has 0 amide bonds. The molecular formula is C21H40O10. The Morgan fingerprint density at radius 2 is 1.16 bits per heavy atom. The van der Waals surface area contributed by atoms with E-state index in [0.717, 1.165) is 0 Å². The van der Waals surface area contributed by atoms with E-state index in [1.165, 1.54) is 0 Å². The van der Waals surface area contributed by atoms with Crippen molar-refractivity contribution < 1.29 is 47.4 Å². The molecule has 0 aromatic carbocycles. The van der Waals surface area contributed by atoms with E-state index in [9.17, 15) is 0 Å². The Bertz CT molecular complexity index is 518. The van der Waals surface area contributed by atoms with Crippen molar-refractivity contribution in [1.82, 2.24) is 0 Å². The molecule has 2 heterocycles. The molecule has 10 heteroatoms. The lowest BCUT2D eigenvalue weighted by molar-refractivity contribution is -0.358. The van der Waals surface area contributed by atoms with Crippen LogP contribution in [0, 0.1) is 0 Å². The summed E-state index contributed by atoms with van der Waals surface area (Å²) < 4.78 is 58.4. The molecule has 0 N–H and O–H groups in total. The summed E-state index contributed by atoms with van der Waals surface area (Å²) in [4.78, 5) is 0. The summed E-state index contributed by atoms with van der Waals surface area (Å²) in [5, 5.41) is 0. The number of hydrogen-bond donors (Lipinski definition) is 0. The second kappa shape index (κ2) is 12.2. The van der Waals surface area contributed by atoms with Crippen LogP contribution in [0.3, 0.4) is 0 Å². The molecule has 0 bridgehead atoms. The average molecular weight is 453 g/mol. The first kappa shape index (κ1) is 26.8. The molecular weight excluding hydrogens is 412 g/mol. The third-order valence-electron chi connectivity index (χ3n) is 6.02. The first-order valence-corrected chi connectivity index (χ1v) is 10.4. The molecule has 0 aromatic heterocycles. The van der Waals surface area contributed by atoms with Crippen molar-refractivity contribution in [2.24, 2.45) is 0 Å². The number of rotatable bonds is 11. The zero-order valence-electron chi connectivity index (χ0n) is 20.2. The highest BCUT2D eigenvalue weighted by molar-refractivity contribution is 5.01. The molecule has 31 heavy (non-hydrogen) atoms. The number of hydrogen-bond acceptors (Lipinski definition) is 10. The van der Waals surface area contributed by atoms with E-state index < -0.39 is 54.6 Å². The lowest BCUT2D eigenvalue weighted by atomic mass is 9.86. The van der Waals surface area contributed by atoms with Gasteiger partial charge < -0.3 is 47.4 Å². The fourth-order valence-corrected chi connectivity index (χ4v) is 4.68. The van der Waals surface area contributed by atoms with Crippen LogP contribution in [0.4, 0.5) is 0 Å². The van der Waals surface area contributed by atoms with E-state index >= 15 is 0 Å². The Balaban J connectivity index is 2.35. The van der Waals surface area contributed by atoms with Gasteiger partial charge in [0.05, 0.1) is 18.8 Å². The minimum absolute atomic E-state index is 0.304. The summed E-state index contributed by atoms with van der Waals surface area (Å²) in [6.07, 6.45) is -4.37. The minimum Gasteiger partial charge on any atom is -0.382 e. The Labute approximate surface area is 185 Å². The van der Waals surface area contributed by atoms with Gasteiger partial charge in [0, 0.05) is 49.8 Å². The molecule has 10 nitrogen and oxygen atoms in total. The van der Waals surface area contributed by atoms with Crippen molar-refractivity contribution in [2.75, 3.05) is 63.0 Å². The van der Waals surface area contributed by atoms with E-state index in [2.05, 4.69) is 0 Å². The van der Waals surface area contributed by atoms with Crippen LogP contribution in [-0.2, 0) is 47.4 Å². The molecule has 0 radical (unpaired) electrons. The third-order valence-corrected chi connectivity index (χ3v) is 6.02. The first-order valence-electron chi connectivity index (χ1n) is 10.4. The van der Waals surface area contributed by atoms with Gasteiger partial charge in [0.15, 0.2) is 6.29 Å². The van der Waals surface area contributed by atoms with Crippen LogP contribution in [0.1, 0.15) is 13.8 Å². The highest BCUT2D eigenvalue weighted by Gasteiger charge is 2.55. The van der Waals surface area contributed by atoms with Gasteiger partial charge in [-0.15, -0.1) is 0 Å². The van der Waals surface area contributed by atoms with Gasteiger partial charge in [-0.3, -0.25) is 0 Å². The smallest absolute Gasteiger partial charge is 0.187 e. The molecule has 7 unspecified atom stereocenters. The zero-order chi connectivity index (χ0) is 23.2. The predicted octanol–water partition coefficient (Wildman–Crippen LogP) is 0.642. The van der Waals surface area contributed by atoms with Crippen LogP contribution in [0.15, 0.2) is 0 Å². The quantitative estimate of drug-likeness (QED) is 0.445. The number of ether oxygens (including phenoxy) is 10. The second-order valence-electron chi connectivity index (χ2n) is 8.27. The molecule has 2 aliphatic rings. The van der Waals surface area contributed by atoms with E-state index in [-0.39, 0.29) is 6.10 Å². The predicted molar refractivity (Wildman–Crippen MR) is 110 cm³/mol. The third kappa shape index (κ3) is 5.75. The number of methoxy groups -OCH3 is 7. The maximum Gasteiger partial charge on any atom is 0.187 e. The topological polar surface area (TPSA) is 92.3 Å². The monoisotopic (exact) mass is 452 g/mol. The molecule has 2 aliphatic heterocycles. The maximum atomic E-state index is 6.48. The largest absolute Gasteiger partial charge is 0.382 e. The van der Waals surface area contributed by atoms with Crippen molar-refractivity contribution in [3.63, 3.8) is 0 Å². The zero-order valence-corrected chi connectivity index (χ0v) is 20.2. The molecule has 0 aliphatic carbocycles. The SMILES string of the molecule is COCC1OC(C)(C)C(OC)C(OC)[C@@H]1OC1OC(COC)[C@H](OC)C(OC)C1OC. The van der Waals surface area contributed by atoms with Crippen molar-refractivity contribution in [1.29, 1.82) is 0 Å². The van der Waals surface area contributed by atoms with Gasteiger partial charge in [-0.05, 0) is 13.8 Å². The van der Waals surface area contributed by atoms with Gasteiger partial charge in [0.25, 0.3) is 0 Å². The van der Waals surface area contributed by atoms with Crippen molar-refractivity contribution in [2.45, 2.75) is 74.6 Å². The van der Waals surface area contributed by atoms with E-state index in [1.807, 2.05) is 13.8 Å². The van der Waals surface area contributed by atoms with E-state index in [4.69, 9.17) is 47.4 Å². The fourth-order valence-electron chi connectivity index (χ4n) is 4.68. The Morgan fingerprint density at radius 3 is 1.65 bits per heavy atom. The molecule has 0 spiro atoms. The summed E-state index contributed by atoms with van der Waals surface area (Å²) in [5.74, 6) is 0. The van der Waals surface area contributed by atoms with Crippen molar-refractivity contribution in [3.05, 3.63) is 0 Å². The van der Waals surface area contributed by atoms with Crippen LogP contribution in [0.5, 0.6) is 0 Å². The summed E-state index contributed by atoms with van der Waals surface area (Å²) in [6, 6.07) is 0. The molecule has 9 atom stereocenters. The lowest BCUT2D eigenvalue weighted by Crippen LogP contribution is -2.67. The Kier molecular flexibility index (Phi) is 10.5. The van der Waals surface area contributed by atoms with Gasteiger partial charge >= 0.3 is 0 Å². The highest BCUT2D eigenvalue weighted by atomic mass is 16.7. The van der Waals surface area contributed by atoms with Gasteiger partial charge in [-0.25, -0.2) is 0 Å². The molecule has 184 valence electrons. The molecule has 0 aromatic rings. The standard InChI is InChI=1S/C21H40O10/c1-21(2)19(28-9)17(26-7)15(13(31-21)11-23-4)30-20-18(27-8)16(25-6)14(24-5)12(29-20)10-22-3/h12-20H,10-11H2,1-9H3/t12?,13?,14-,15+,16?,17?,18?,19?,20?/m0/s1. The van der Waals surface area contributed by atoms with Crippen LogP contribution in [0.25, 0.3) is 0 Å². The lowest BCUT2D eigenvalue weighted by Gasteiger charge is -2.51. The summed E-state index contributed by atoms with van der Waals surface area (Å²) in [6.45, 7) is 4.53. The first-order chi connectivity index (χ1) is 14.8. The van der Waals surface area contributed by atoms with E-state index in [0.29, 0.717) is 13.2 Å². The maximum absolute atomic E-state index is 6.48. The molecule has 2 saturated heterocycles. The Morgan fingerprint density at radius 1 is 0.613 bits per heavy atom. The van der Waals surface area contributed by atoms with Crippen LogP contribution in [-0.4, -0.2) is 124 Å². The van der Waals surface area contributed by atoms with Gasteiger partial charge in [0.1, 0.15) is 48.8 Å². The van der Waals surface area contributed by atoms with Gasteiger partial charge in [0.2, 0.25) is 0 Å². The van der Waals surface area contributed by atoms with Crippen LogP contribution >= 0.6 is 0 Å². The minimum atomic E-state index is -0.786. The average Bonchev–Trinajstić information content (AvgIpc) is 2.74. The van der Waals surface area contributed by atoms with E-state index in [1.54, 1.807) is 49.8 Å². The Hall–Kier alpha value is -0.400. The molecule has 2 rings (SSSR count). The second-order valence-corrected chi connectivity index (χ2v) is 8.27. The van der Waals surface area contributed by atoms with Gasteiger partial charge in [-0.2, -0.15) is 0 Å². The summed E-state index contributed by atoms with van der Waals surface area (Å²) in [7, 11) is 11.3.